The summed E-state index contributed by atoms with van der Waals surface area (Å²) in [6.07, 6.45) is 2.17. The van der Waals surface area contributed by atoms with Crippen LogP contribution in [0.1, 0.15) is 23.4 Å². The summed E-state index contributed by atoms with van der Waals surface area (Å²) < 4.78 is 5.11. The fourth-order valence-electron chi connectivity index (χ4n) is 2.65. The number of piperazine rings is 1. The number of amides is 3. The van der Waals surface area contributed by atoms with Crippen molar-refractivity contribution in [3.8, 4) is 0 Å². The summed E-state index contributed by atoms with van der Waals surface area (Å²) in [5.41, 5.74) is 0. The number of hydrogen-bond acceptors (Lipinski definition) is 5. The van der Waals surface area contributed by atoms with Crippen LogP contribution in [0, 0.1) is 0 Å². The van der Waals surface area contributed by atoms with Crippen LogP contribution in [-0.4, -0.2) is 85.8 Å². The average Bonchev–Trinajstić information content (AvgIpc) is 3.12. The van der Waals surface area contributed by atoms with E-state index in [1.165, 1.54) is 6.26 Å². The van der Waals surface area contributed by atoms with Gasteiger partial charge >= 0.3 is 0 Å². The Balaban J connectivity index is 1.68. The van der Waals surface area contributed by atoms with Crippen molar-refractivity contribution in [1.29, 1.82) is 0 Å². The number of carbonyl (C=O) groups excluding carboxylic acids is 3. The summed E-state index contributed by atoms with van der Waals surface area (Å²) in [6, 6.07) is 3.30. The van der Waals surface area contributed by atoms with Crippen LogP contribution in [0.2, 0.25) is 0 Å². The second-order valence-corrected chi connectivity index (χ2v) is 6.33. The fraction of sp³-hybridized carbons (Fsp3) is 0.588. The number of nitrogens with zero attached hydrogens (tertiary/aromatic N) is 3. The molecule has 0 aliphatic carbocycles. The Morgan fingerprint density at radius 2 is 1.84 bits per heavy atom. The summed E-state index contributed by atoms with van der Waals surface area (Å²) >= 11 is 0. The summed E-state index contributed by atoms with van der Waals surface area (Å²) in [7, 11) is 3.95. The van der Waals surface area contributed by atoms with Crippen molar-refractivity contribution in [2.24, 2.45) is 0 Å². The largest absolute Gasteiger partial charge is 0.459 e. The van der Waals surface area contributed by atoms with Crippen LogP contribution in [0.25, 0.3) is 0 Å². The van der Waals surface area contributed by atoms with E-state index in [4.69, 9.17) is 4.42 Å². The average molecular weight is 350 g/mol. The molecule has 1 aromatic heterocycles. The molecule has 25 heavy (non-hydrogen) atoms. The van der Waals surface area contributed by atoms with E-state index in [9.17, 15) is 14.4 Å². The van der Waals surface area contributed by atoms with Crippen LogP contribution in [0.4, 0.5) is 0 Å². The Bertz CT molecular complexity index is 577. The van der Waals surface area contributed by atoms with Crippen molar-refractivity contribution >= 4 is 17.7 Å². The van der Waals surface area contributed by atoms with E-state index >= 15 is 0 Å². The molecule has 0 unspecified atom stereocenters. The molecule has 0 radical (unpaired) electrons. The van der Waals surface area contributed by atoms with Gasteiger partial charge in [0.25, 0.3) is 5.91 Å². The van der Waals surface area contributed by atoms with E-state index in [1.807, 2.05) is 19.0 Å². The van der Waals surface area contributed by atoms with Crippen molar-refractivity contribution in [2.45, 2.75) is 12.8 Å². The Labute approximate surface area is 147 Å². The van der Waals surface area contributed by atoms with E-state index in [-0.39, 0.29) is 24.1 Å². The lowest BCUT2D eigenvalue weighted by Crippen LogP contribution is -2.51. The van der Waals surface area contributed by atoms with Gasteiger partial charge in [0.05, 0.1) is 6.26 Å². The van der Waals surface area contributed by atoms with Crippen molar-refractivity contribution in [2.75, 3.05) is 53.4 Å². The van der Waals surface area contributed by atoms with Crippen LogP contribution < -0.4 is 5.32 Å². The molecule has 8 heteroatoms. The summed E-state index contributed by atoms with van der Waals surface area (Å²) in [5.74, 6) is -0.319. The number of hydrogen-bond donors (Lipinski definition) is 1. The van der Waals surface area contributed by atoms with Gasteiger partial charge in [0.1, 0.15) is 6.42 Å². The lowest BCUT2D eigenvalue weighted by Gasteiger charge is -2.34. The minimum Gasteiger partial charge on any atom is -0.459 e. The molecule has 0 atom stereocenters. The van der Waals surface area contributed by atoms with Crippen molar-refractivity contribution in [3.63, 3.8) is 0 Å². The standard InChI is InChI=1S/C17H26N4O4/c1-19(2)7-4-6-18-15(22)13-16(23)20-8-10-21(11-9-20)17(24)14-5-3-12-25-14/h3,5,12H,4,6-11,13H2,1-2H3,(H,18,22). The summed E-state index contributed by atoms with van der Waals surface area (Å²) in [4.78, 5) is 41.5. The molecular weight excluding hydrogens is 324 g/mol. The SMILES string of the molecule is CN(C)CCCNC(=O)CC(=O)N1CCN(C(=O)c2ccco2)CC1. The van der Waals surface area contributed by atoms with Gasteiger partial charge in [0.2, 0.25) is 11.8 Å². The number of rotatable bonds is 7. The molecule has 1 saturated heterocycles. The Hall–Kier alpha value is -2.35. The number of furan rings is 1. The third kappa shape index (κ3) is 5.90. The quantitative estimate of drug-likeness (QED) is 0.554. The monoisotopic (exact) mass is 350 g/mol. The van der Waals surface area contributed by atoms with Crippen LogP contribution >= 0.6 is 0 Å². The molecule has 3 amide bonds. The zero-order valence-corrected chi connectivity index (χ0v) is 14.9. The summed E-state index contributed by atoms with van der Waals surface area (Å²) in [5, 5.41) is 2.76. The van der Waals surface area contributed by atoms with Crippen LogP contribution in [0.15, 0.2) is 22.8 Å². The van der Waals surface area contributed by atoms with Crippen molar-refractivity contribution < 1.29 is 18.8 Å². The lowest BCUT2D eigenvalue weighted by atomic mass is 10.2. The molecule has 0 saturated carbocycles. The van der Waals surface area contributed by atoms with Gasteiger partial charge in [-0.3, -0.25) is 14.4 Å². The highest BCUT2D eigenvalue weighted by atomic mass is 16.3. The van der Waals surface area contributed by atoms with Gasteiger partial charge in [0, 0.05) is 32.7 Å². The molecule has 1 aliphatic rings. The Morgan fingerprint density at radius 3 is 2.44 bits per heavy atom. The molecule has 2 rings (SSSR count). The van der Waals surface area contributed by atoms with E-state index in [0.29, 0.717) is 38.5 Å². The fourth-order valence-corrected chi connectivity index (χ4v) is 2.65. The third-order valence-corrected chi connectivity index (χ3v) is 4.07. The molecule has 1 aromatic rings. The van der Waals surface area contributed by atoms with Crippen LogP contribution in [0.3, 0.4) is 0 Å². The first kappa shape index (κ1) is 19.0. The first-order valence-electron chi connectivity index (χ1n) is 8.49. The number of carbonyl (C=O) groups is 3. The molecule has 138 valence electrons. The molecule has 2 heterocycles. The first-order chi connectivity index (χ1) is 12.0. The molecular formula is C17H26N4O4. The summed E-state index contributed by atoms with van der Waals surface area (Å²) in [6.45, 7) is 3.19. The molecule has 0 spiro atoms. The normalized spacial score (nSPS) is 14.7. The van der Waals surface area contributed by atoms with Gasteiger partial charge in [0.15, 0.2) is 5.76 Å². The molecule has 8 nitrogen and oxygen atoms in total. The van der Waals surface area contributed by atoms with Crippen LogP contribution in [0.5, 0.6) is 0 Å². The maximum atomic E-state index is 12.2. The molecule has 0 aromatic carbocycles. The Kier molecular flexibility index (Phi) is 7.00. The van der Waals surface area contributed by atoms with Crippen LogP contribution in [-0.2, 0) is 9.59 Å². The van der Waals surface area contributed by atoms with Gasteiger partial charge in [-0.1, -0.05) is 0 Å². The second kappa shape index (κ2) is 9.22. The zero-order valence-electron chi connectivity index (χ0n) is 14.9. The van der Waals surface area contributed by atoms with Gasteiger partial charge in [-0.05, 0) is 39.2 Å². The zero-order chi connectivity index (χ0) is 18.2. The van der Waals surface area contributed by atoms with Crippen molar-refractivity contribution in [3.05, 3.63) is 24.2 Å². The van der Waals surface area contributed by atoms with Gasteiger partial charge in [-0.25, -0.2) is 0 Å². The molecule has 1 N–H and O–H groups in total. The third-order valence-electron chi connectivity index (χ3n) is 4.07. The highest BCUT2D eigenvalue weighted by molar-refractivity contribution is 5.97. The van der Waals surface area contributed by atoms with Gasteiger partial charge in [-0.2, -0.15) is 0 Å². The van der Waals surface area contributed by atoms with Gasteiger partial charge in [-0.15, -0.1) is 0 Å². The molecule has 1 fully saturated rings. The van der Waals surface area contributed by atoms with E-state index in [0.717, 1.165) is 13.0 Å². The minimum atomic E-state index is -0.252. The van der Waals surface area contributed by atoms with Gasteiger partial charge < -0.3 is 24.4 Å². The predicted molar refractivity (Wildman–Crippen MR) is 92.0 cm³/mol. The molecule has 1 aliphatic heterocycles. The van der Waals surface area contributed by atoms with Crippen molar-refractivity contribution in [1.82, 2.24) is 20.0 Å². The maximum Gasteiger partial charge on any atom is 0.289 e. The maximum absolute atomic E-state index is 12.2. The van der Waals surface area contributed by atoms with E-state index in [2.05, 4.69) is 5.32 Å². The topological polar surface area (TPSA) is 86.1 Å². The minimum absolute atomic E-state index is 0.145. The lowest BCUT2D eigenvalue weighted by molar-refractivity contribution is -0.137. The highest BCUT2D eigenvalue weighted by Gasteiger charge is 2.26. The Morgan fingerprint density at radius 1 is 1.16 bits per heavy atom. The van der Waals surface area contributed by atoms with E-state index in [1.54, 1.807) is 21.9 Å². The van der Waals surface area contributed by atoms with E-state index < -0.39 is 0 Å². The smallest absolute Gasteiger partial charge is 0.289 e. The highest BCUT2D eigenvalue weighted by Crippen LogP contribution is 2.10. The molecule has 0 bridgehead atoms. The number of nitrogens with one attached hydrogen (secondary N) is 1. The first-order valence-corrected chi connectivity index (χ1v) is 8.49. The second-order valence-electron chi connectivity index (χ2n) is 6.33. The predicted octanol–water partition coefficient (Wildman–Crippen LogP) is 0.0220.